The SMILES string of the molecule is CC(F)(Cl)C1CCCCC1. The molecule has 1 aliphatic rings. The average molecular weight is 165 g/mol. The van der Waals surface area contributed by atoms with Crippen LogP contribution < -0.4 is 0 Å². The van der Waals surface area contributed by atoms with Crippen LogP contribution in [0.5, 0.6) is 0 Å². The lowest BCUT2D eigenvalue weighted by Gasteiger charge is -2.28. The monoisotopic (exact) mass is 164 g/mol. The molecule has 0 bridgehead atoms. The second-order valence-corrected chi connectivity index (χ2v) is 4.03. The van der Waals surface area contributed by atoms with Crippen LogP contribution in [0.25, 0.3) is 0 Å². The van der Waals surface area contributed by atoms with Gasteiger partial charge in [-0.25, -0.2) is 4.39 Å². The molecule has 0 heterocycles. The van der Waals surface area contributed by atoms with E-state index in [9.17, 15) is 4.39 Å². The molecule has 1 saturated carbocycles. The molecule has 0 aromatic rings. The van der Waals surface area contributed by atoms with Crippen LogP contribution in [0.15, 0.2) is 0 Å². The maximum Gasteiger partial charge on any atom is 0.183 e. The molecular formula is C8H14ClF. The van der Waals surface area contributed by atoms with E-state index in [0.29, 0.717) is 0 Å². The maximum atomic E-state index is 13.0. The van der Waals surface area contributed by atoms with E-state index in [1.807, 2.05) is 0 Å². The molecule has 1 fully saturated rings. The summed E-state index contributed by atoms with van der Waals surface area (Å²) in [5.74, 6) is 0.0999. The van der Waals surface area contributed by atoms with E-state index < -0.39 is 5.13 Å². The summed E-state index contributed by atoms with van der Waals surface area (Å²) < 4.78 is 13.0. The van der Waals surface area contributed by atoms with Gasteiger partial charge in [0.1, 0.15) is 0 Å². The zero-order chi connectivity index (χ0) is 7.61. The lowest BCUT2D eigenvalue weighted by atomic mass is 9.86. The van der Waals surface area contributed by atoms with Crippen LogP contribution in [-0.2, 0) is 0 Å². The van der Waals surface area contributed by atoms with E-state index in [0.717, 1.165) is 25.7 Å². The minimum atomic E-state index is -1.46. The molecule has 1 atom stereocenters. The van der Waals surface area contributed by atoms with Crippen LogP contribution in [0.1, 0.15) is 39.0 Å². The van der Waals surface area contributed by atoms with Crippen molar-refractivity contribution in [3.8, 4) is 0 Å². The van der Waals surface area contributed by atoms with Crippen molar-refractivity contribution in [2.24, 2.45) is 5.92 Å². The van der Waals surface area contributed by atoms with Crippen molar-refractivity contribution >= 4 is 11.6 Å². The van der Waals surface area contributed by atoms with Gasteiger partial charge >= 0.3 is 0 Å². The van der Waals surface area contributed by atoms with E-state index in [1.54, 1.807) is 0 Å². The zero-order valence-corrected chi connectivity index (χ0v) is 7.12. The van der Waals surface area contributed by atoms with Crippen LogP contribution in [0.2, 0.25) is 0 Å². The Kier molecular flexibility index (Phi) is 2.56. The molecule has 0 nitrogen and oxygen atoms in total. The van der Waals surface area contributed by atoms with Crippen molar-refractivity contribution in [1.29, 1.82) is 0 Å². The molecule has 1 aliphatic carbocycles. The summed E-state index contributed by atoms with van der Waals surface area (Å²) in [6.45, 7) is 1.48. The number of alkyl halides is 2. The Morgan fingerprint density at radius 1 is 1.30 bits per heavy atom. The molecule has 0 radical (unpaired) electrons. The smallest absolute Gasteiger partial charge is 0.183 e. The fraction of sp³-hybridized carbons (Fsp3) is 1.00. The second kappa shape index (κ2) is 3.08. The predicted octanol–water partition coefficient (Wildman–Crippen LogP) is 3.49. The number of rotatable bonds is 1. The molecule has 0 aromatic heterocycles. The minimum absolute atomic E-state index is 0.0999. The Bertz CT molecular complexity index is 100. The molecule has 10 heavy (non-hydrogen) atoms. The fourth-order valence-electron chi connectivity index (χ4n) is 1.61. The summed E-state index contributed by atoms with van der Waals surface area (Å²) in [7, 11) is 0. The molecule has 0 N–H and O–H groups in total. The lowest BCUT2D eigenvalue weighted by molar-refractivity contribution is 0.158. The highest BCUT2D eigenvalue weighted by atomic mass is 35.5. The van der Waals surface area contributed by atoms with Gasteiger partial charge < -0.3 is 0 Å². The molecule has 2 heteroatoms. The molecule has 1 rings (SSSR count). The van der Waals surface area contributed by atoms with Crippen molar-refractivity contribution in [2.45, 2.75) is 44.2 Å². The van der Waals surface area contributed by atoms with Crippen molar-refractivity contribution in [1.82, 2.24) is 0 Å². The Hall–Kier alpha value is 0.220. The standard InChI is InChI=1S/C8H14ClF/c1-8(9,10)7-5-3-2-4-6-7/h7H,2-6H2,1H3. The second-order valence-electron chi connectivity index (χ2n) is 3.29. The summed E-state index contributed by atoms with van der Waals surface area (Å²) in [5.41, 5.74) is 0. The third-order valence-electron chi connectivity index (χ3n) is 2.32. The molecule has 0 aliphatic heterocycles. The molecule has 0 aromatic carbocycles. The molecule has 0 saturated heterocycles. The first-order chi connectivity index (χ1) is 4.61. The third kappa shape index (κ3) is 2.12. The van der Waals surface area contributed by atoms with Gasteiger partial charge in [0.05, 0.1) is 0 Å². The highest BCUT2D eigenvalue weighted by molar-refractivity contribution is 6.22. The van der Waals surface area contributed by atoms with Gasteiger partial charge in [-0.15, -0.1) is 0 Å². The fourth-order valence-corrected chi connectivity index (χ4v) is 1.83. The Morgan fingerprint density at radius 2 is 1.80 bits per heavy atom. The first kappa shape index (κ1) is 8.32. The van der Waals surface area contributed by atoms with Gasteiger partial charge in [0.2, 0.25) is 0 Å². The van der Waals surface area contributed by atoms with Crippen LogP contribution in [0.4, 0.5) is 4.39 Å². The van der Waals surface area contributed by atoms with Gasteiger partial charge in [-0.3, -0.25) is 0 Å². The normalized spacial score (nSPS) is 27.9. The largest absolute Gasteiger partial charge is 0.226 e. The topological polar surface area (TPSA) is 0 Å². The van der Waals surface area contributed by atoms with E-state index in [4.69, 9.17) is 11.6 Å². The van der Waals surface area contributed by atoms with Gasteiger partial charge in [-0.1, -0.05) is 30.9 Å². The van der Waals surface area contributed by atoms with Gasteiger partial charge in [-0.05, 0) is 19.8 Å². The van der Waals surface area contributed by atoms with E-state index in [2.05, 4.69) is 0 Å². The van der Waals surface area contributed by atoms with Crippen LogP contribution in [0.3, 0.4) is 0 Å². The van der Waals surface area contributed by atoms with Crippen LogP contribution in [0, 0.1) is 5.92 Å². The highest BCUT2D eigenvalue weighted by Crippen LogP contribution is 2.37. The van der Waals surface area contributed by atoms with Crippen LogP contribution in [-0.4, -0.2) is 5.13 Å². The van der Waals surface area contributed by atoms with Crippen molar-refractivity contribution in [3.05, 3.63) is 0 Å². The Balaban J connectivity index is 2.39. The molecule has 60 valence electrons. The molecule has 0 spiro atoms. The third-order valence-corrected chi connectivity index (χ3v) is 2.63. The predicted molar refractivity (Wildman–Crippen MR) is 41.9 cm³/mol. The minimum Gasteiger partial charge on any atom is -0.226 e. The van der Waals surface area contributed by atoms with E-state index in [1.165, 1.54) is 13.3 Å². The summed E-state index contributed by atoms with van der Waals surface area (Å²) in [4.78, 5) is 0. The summed E-state index contributed by atoms with van der Waals surface area (Å²) in [6, 6.07) is 0. The van der Waals surface area contributed by atoms with Gasteiger partial charge in [0.15, 0.2) is 5.13 Å². The molecular weight excluding hydrogens is 151 g/mol. The lowest BCUT2D eigenvalue weighted by Crippen LogP contribution is -2.25. The van der Waals surface area contributed by atoms with Crippen molar-refractivity contribution < 1.29 is 4.39 Å². The highest BCUT2D eigenvalue weighted by Gasteiger charge is 2.32. The summed E-state index contributed by atoms with van der Waals surface area (Å²) in [6.07, 6.45) is 5.49. The number of hydrogen-bond acceptors (Lipinski definition) is 0. The number of hydrogen-bond donors (Lipinski definition) is 0. The van der Waals surface area contributed by atoms with Crippen molar-refractivity contribution in [2.75, 3.05) is 0 Å². The number of halogens is 2. The first-order valence-corrected chi connectivity index (χ1v) is 4.36. The van der Waals surface area contributed by atoms with Gasteiger partial charge in [-0.2, -0.15) is 0 Å². The summed E-state index contributed by atoms with van der Waals surface area (Å²) in [5, 5.41) is -1.46. The van der Waals surface area contributed by atoms with E-state index in [-0.39, 0.29) is 5.92 Å². The summed E-state index contributed by atoms with van der Waals surface area (Å²) >= 11 is 5.55. The quantitative estimate of drug-likeness (QED) is 0.521. The first-order valence-electron chi connectivity index (χ1n) is 3.98. The van der Waals surface area contributed by atoms with Crippen molar-refractivity contribution in [3.63, 3.8) is 0 Å². The Morgan fingerprint density at radius 3 is 2.10 bits per heavy atom. The zero-order valence-electron chi connectivity index (χ0n) is 6.37. The van der Waals surface area contributed by atoms with Gasteiger partial charge in [0.25, 0.3) is 0 Å². The maximum absolute atomic E-state index is 13.0. The van der Waals surface area contributed by atoms with Gasteiger partial charge in [0, 0.05) is 5.92 Å². The molecule has 1 unspecified atom stereocenters. The average Bonchev–Trinajstić information content (AvgIpc) is 1.88. The molecule has 0 amide bonds. The Labute approximate surface area is 66.8 Å². The van der Waals surface area contributed by atoms with Crippen LogP contribution >= 0.6 is 11.6 Å². The van der Waals surface area contributed by atoms with E-state index >= 15 is 0 Å².